The third-order valence-electron chi connectivity index (χ3n) is 2.61. The van der Waals surface area contributed by atoms with Crippen molar-refractivity contribution in [1.82, 2.24) is 0 Å². The average molecular weight is 261 g/mol. The van der Waals surface area contributed by atoms with E-state index in [-0.39, 0.29) is 0 Å². The van der Waals surface area contributed by atoms with Crippen molar-refractivity contribution in [2.75, 3.05) is 5.32 Å². The number of nitrogens with one attached hydrogen (secondary N) is 1. The van der Waals surface area contributed by atoms with Gasteiger partial charge in [0.05, 0.1) is 0 Å². The van der Waals surface area contributed by atoms with Gasteiger partial charge in [0.2, 0.25) is 0 Å². The zero-order valence-electron chi connectivity index (χ0n) is 10.3. The molecule has 4 heteroatoms. The van der Waals surface area contributed by atoms with Crippen molar-refractivity contribution in [1.29, 1.82) is 0 Å². The third kappa shape index (κ3) is 2.90. The first-order valence-corrected chi connectivity index (χ1v) is 6.55. The van der Waals surface area contributed by atoms with Gasteiger partial charge in [-0.15, -0.1) is 11.3 Å². The highest BCUT2D eigenvalue weighted by Crippen LogP contribution is 2.25. The minimum atomic E-state index is -0.864. The topological polar surface area (TPSA) is 49.3 Å². The van der Waals surface area contributed by atoms with Gasteiger partial charge in [-0.3, -0.25) is 0 Å². The van der Waals surface area contributed by atoms with Crippen molar-refractivity contribution in [3.8, 4) is 0 Å². The molecular formula is C14H15NO2S. The molecule has 1 heterocycles. The van der Waals surface area contributed by atoms with Crippen LogP contribution in [0.4, 0.5) is 5.69 Å². The minimum Gasteiger partial charge on any atom is -0.479 e. The molecule has 1 unspecified atom stereocenters. The first-order chi connectivity index (χ1) is 8.56. The van der Waals surface area contributed by atoms with Gasteiger partial charge in [0.1, 0.15) is 0 Å². The molecule has 2 aromatic rings. The smallest absolute Gasteiger partial charge is 0.331 e. The lowest BCUT2D eigenvalue weighted by atomic mass is 10.1. The van der Waals surface area contributed by atoms with Gasteiger partial charge in [-0.2, -0.15) is 0 Å². The lowest BCUT2D eigenvalue weighted by Gasteiger charge is -2.15. The first-order valence-electron chi connectivity index (χ1n) is 5.67. The van der Waals surface area contributed by atoms with Crippen LogP contribution in [0.25, 0.3) is 0 Å². The number of carboxylic acids is 1. The number of aryl methyl sites for hydroxylation is 2. The highest BCUT2D eigenvalue weighted by molar-refractivity contribution is 7.10. The molecule has 0 amide bonds. The molecule has 0 bridgehead atoms. The van der Waals surface area contributed by atoms with E-state index in [0.717, 1.165) is 21.7 Å². The maximum Gasteiger partial charge on any atom is 0.331 e. The number of aliphatic carboxylic acids is 1. The Morgan fingerprint density at radius 3 is 2.44 bits per heavy atom. The molecule has 0 aliphatic heterocycles. The molecule has 2 N–H and O–H groups in total. The number of anilines is 1. The van der Waals surface area contributed by atoms with Crippen LogP contribution in [-0.4, -0.2) is 11.1 Å². The van der Waals surface area contributed by atoms with Crippen molar-refractivity contribution in [2.24, 2.45) is 0 Å². The number of carbonyl (C=O) groups is 1. The lowest BCUT2D eigenvalue weighted by Crippen LogP contribution is -2.19. The van der Waals surface area contributed by atoms with Crippen LogP contribution in [0.1, 0.15) is 22.0 Å². The summed E-state index contributed by atoms with van der Waals surface area (Å²) in [4.78, 5) is 12.1. The molecule has 94 valence electrons. The molecule has 0 spiro atoms. The molecule has 2 rings (SSSR count). The van der Waals surface area contributed by atoms with Gasteiger partial charge >= 0.3 is 5.97 Å². The number of carboxylic acid groups (broad SMARTS) is 1. The third-order valence-corrected chi connectivity index (χ3v) is 3.54. The van der Waals surface area contributed by atoms with Gasteiger partial charge in [0.15, 0.2) is 6.04 Å². The highest BCUT2D eigenvalue weighted by Gasteiger charge is 2.20. The van der Waals surface area contributed by atoms with E-state index in [1.54, 1.807) is 0 Å². The Bertz CT molecular complexity index is 529. The van der Waals surface area contributed by atoms with Crippen molar-refractivity contribution >= 4 is 23.0 Å². The summed E-state index contributed by atoms with van der Waals surface area (Å²) in [6, 6.07) is 8.98. The minimum absolute atomic E-state index is 0.689. The molecule has 1 aromatic heterocycles. The first kappa shape index (κ1) is 12.6. The van der Waals surface area contributed by atoms with Crippen molar-refractivity contribution in [3.63, 3.8) is 0 Å². The fraction of sp³-hybridized carbons (Fsp3) is 0.214. The van der Waals surface area contributed by atoms with Gasteiger partial charge in [0, 0.05) is 10.6 Å². The van der Waals surface area contributed by atoms with E-state index in [2.05, 4.69) is 11.4 Å². The summed E-state index contributed by atoms with van der Waals surface area (Å²) < 4.78 is 0. The van der Waals surface area contributed by atoms with Gasteiger partial charge in [0.25, 0.3) is 0 Å². The van der Waals surface area contributed by atoms with E-state index < -0.39 is 12.0 Å². The van der Waals surface area contributed by atoms with Crippen LogP contribution in [0, 0.1) is 13.8 Å². The Hall–Kier alpha value is -1.81. The summed E-state index contributed by atoms with van der Waals surface area (Å²) in [6.45, 7) is 4.00. The quantitative estimate of drug-likeness (QED) is 0.884. The number of thiophene rings is 1. The van der Waals surface area contributed by atoms with Gasteiger partial charge in [-0.05, 0) is 48.6 Å². The molecule has 0 fully saturated rings. The van der Waals surface area contributed by atoms with Crippen molar-refractivity contribution in [3.05, 3.63) is 51.7 Å². The van der Waals surface area contributed by atoms with Gasteiger partial charge in [-0.1, -0.05) is 12.1 Å². The SMILES string of the molecule is Cc1cc(C)cc(NC(C(=O)O)c2cccs2)c1. The number of benzene rings is 1. The zero-order chi connectivity index (χ0) is 13.1. The van der Waals surface area contributed by atoms with Crippen molar-refractivity contribution in [2.45, 2.75) is 19.9 Å². The molecule has 0 aliphatic carbocycles. The standard InChI is InChI=1S/C14H15NO2S/c1-9-6-10(2)8-11(7-9)15-13(14(16)17)12-4-3-5-18-12/h3-8,13,15H,1-2H3,(H,16,17). The van der Waals surface area contributed by atoms with Crippen LogP contribution in [0.2, 0.25) is 0 Å². The van der Waals surface area contributed by atoms with Crippen LogP contribution in [0.15, 0.2) is 35.7 Å². The zero-order valence-corrected chi connectivity index (χ0v) is 11.1. The summed E-state index contributed by atoms with van der Waals surface area (Å²) >= 11 is 1.44. The second-order valence-corrected chi connectivity index (χ2v) is 5.29. The van der Waals surface area contributed by atoms with Crippen LogP contribution < -0.4 is 5.32 Å². The Labute approximate surface area is 110 Å². The van der Waals surface area contributed by atoms with E-state index in [1.807, 2.05) is 43.5 Å². The van der Waals surface area contributed by atoms with Gasteiger partial charge in [-0.25, -0.2) is 4.79 Å². The van der Waals surface area contributed by atoms with E-state index in [9.17, 15) is 9.90 Å². The second kappa shape index (κ2) is 5.23. The lowest BCUT2D eigenvalue weighted by molar-refractivity contribution is -0.138. The Morgan fingerprint density at radius 2 is 1.94 bits per heavy atom. The predicted molar refractivity (Wildman–Crippen MR) is 74.2 cm³/mol. The molecular weight excluding hydrogens is 246 g/mol. The Kier molecular flexibility index (Phi) is 3.67. The summed E-state index contributed by atoms with van der Waals surface area (Å²) in [5, 5.41) is 14.2. The highest BCUT2D eigenvalue weighted by atomic mass is 32.1. The summed E-state index contributed by atoms with van der Waals surface area (Å²) in [5.74, 6) is -0.864. The molecule has 0 saturated carbocycles. The summed E-state index contributed by atoms with van der Waals surface area (Å²) in [5.41, 5.74) is 3.08. The molecule has 18 heavy (non-hydrogen) atoms. The Balaban J connectivity index is 2.27. The maximum absolute atomic E-state index is 11.3. The predicted octanol–water partition coefficient (Wildman–Crippen LogP) is 3.60. The fourth-order valence-corrected chi connectivity index (χ4v) is 2.70. The van der Waals surface area contributed by atoms with Crippen LogP contribution >= 0.6 is 11.3 Å². The van der Waals surface area contributed by atoms with E-state index >= 15 is 0 Å². The molecule has 0 saturated heterocycles. The number of hydrogen-bond acceptors (Lipinski definition) is 3. The molecule has 1 aromatic carbocycles. The fourth-order valence-electron chi connectivity index (χ4n) is 1.93. The van der Waals surface area contributed by atoms with Crippen molar-refractivity contribution < 1.29 is 9.90 Å². The number of rotatable bonds is 4. The van der Waals surface area contributed by atoms with E-state index in [1.165, 1.54) is 11.3 Å². The molecule has 1 atom stereocenters. The average Bonchev–Trinajstić information content (AvgIpc) is 2.77. The van der Waals surface area contributed by atoms with E-state index in [4.69, 9.17) is 0 Å². The molecule has 3 nitrogen and oxygen atoms in total. The maximum atomic E-state index is 11.3. The number of hydrogen-bond donors (Lipinski definition) is 2. The Morgan fingerprint density at radius 1 is 1.28 bits per heavy atom. The van der Waals surface area contributed by atoms with E-state index in [0.29, 0.717) is 0 Å². The monoisotopic (exact) mass is 261 g/mol. The molecule has 0 radical (unpaired) electrons. The summed E-state index contributed by atoms with van der Waals surface area (Å²) in [7, 11) is 0. The van der Waals surface area contributed by atoms with Crippen LogP contribution in [0.5, 0.6) is 0 Å². The largest absolute Gasteiger partial charge is 0.479 e. The second-order valence-electron chi connectivity index (χ2n) is 4.31. The summed E-state index contributed by atoms with van der Waals surface area (Å²) in [6.07, 6.45) is 0. The van der Waals surface area contributed by atoms with Crippen LogP contribution in [-0.2, 0) is 4.79 Å². The molecule has 0 aliphatic rings. The van der Waals surface area contributed by atoms with Gasteiger partial charge < -0.3 is 10.4 Å². The normalized spacial score (nSPS) is 12.1. The van der Waals surface area contributed by atoms with Crippen LogP contribution in [0.3, 0.4) is 0 Å².